The van der Waals surface area contributed by atoms with E-state index in [1.807, 2.05) is 18.3 Å². The summed E-state index contributed by atoms with van der Waals surface area (Å²) >= 11 is 0. The number of pyridine rings is 1. The van der Waals surface area contributed by atoms with E-state index in [0.29, 0.717) is 24.5 Å². The Hall–Kier alpha value is -2.12. The third-order valence-electron chi connectivity index (χ3n) is 8.70. The smallest absolute Gasteiger partial charge is 0.220 e. The molecule has 192 valence electrons. The fourth-order valence-corrected chi connectivity index (χ4v) is 6.40. The number of methoxy groups -OCH3 is 1. The van der Waals surface area contributed by atoms with E-state index in [4.69, 9.17) is 9.15 Å². The number of amides is 1. The number of hydrogen-bond acceptors (Lipinski definition) is 6. The van der Waals surface area contributed by atoms with Crippen molar-refractivity contribution in [1.29, 1.82) is 0 Å². The van der Waals surface area contributed by atoms with Crippen LogP contribution in [0.2, 0.25) is 0 Å². The maximum absolute atomic E-state index is 12.6. The van der Waals surface area contributed by atoms with E-state index in [1.165, 1.54) is 25.8 Å². The van der Waals surface area contributed by atoms with Gasteiger partial charge >= 0.3 is 0 Å². The van der Waals surface area contributed by atoms with Gasteiger partial charge in [-0.3, -0.25) is 9.69 Å². The third-order valence-corrected chi connectivity index (χ3v) is 8.70. The molecule has 1 saturated heterocycles. The first kappa shape index (κ1) is 24.6. The zero-order valence-electron chi connectivity index (χ0n) is 21.3. The fraction of sp³-hybridized carbons (Fsp3) is 0.714. The number of nitrogens with one attached hydrogen (secondary N) is 1. The first-order valence-corrected chi connectivity index (χ1v) is 13.8. The van der Waals surface area contributed by atoms with Crippen molar-refractivity contribution in [2.24, 2.45) is 11.8 Å². The van der Waals surface area contributed by atoms with E-state index in [0.717, 1.165) is 87.4 Å². The maximum Gasteiger partial charge on any atom is 0.220 e. The number of hydrogen-bond donors (Lipinski definition) is 1. The second-order valence-corrected chi connectivity index (χ2v) is 11.0. The van der Waals surface area contributed by atoms with Crippen molar-refractivity contribution < 1.29 is 13.9 Å². The van der Waals surface area contributed by atoms with Crippen LogP contribution in [-0.2, 0) is 9.53 Å². The van der Waals surface area contributed by atoms with Gasteiger partial charge in [0, 0.05) is 51.9 Å². The average molecular weight is 483 g/mol. The van der Waals surface area contributed by atoms with Crippen molar-refractivity contribution in [2.45, 2.75) is 76.4 Å². The predicted octanol–water partition coefficient (Wildman–Crippen LogP) is 4.61. The molecular weight excluding hydrogens is 440 g/mol. The summed E-state index contributed by atoms with van der Waals surface area (Å²) in [7, 11) is 1.80. The monoisotopic (exact) mass is 482 g/mol. The summed E-state index contributed by atoms with van der Waals surface area (Å²) in [5, 5.41) is 4.46. The molecule has 2 aliphatic carbocycles. The van der Waals surface area contributed by atoms with Crippen LogP contribution in [0, 0.1) is 11.8 Å². The molecule has 2 aromatic heterocycles. The number of rotatable bonds is 8. The molecule has 0 bridgehead atoms. The second-order valence-electron chi connectivity index (χ2n) is 11.0. The lowest BCUT2D eigenvalue weighted by molar-refractivity contribution is -0.123. The van der Waals surface area contributed by atoms with Gasteiger partial charge in [-0.15, -0.1) is 0 Å². The van der Waals surface area contributed by atoms with Crippen LogP contribution >= 0.6 is 0 Å². The van der Waals surface area contributed by atoms with Crippen LogP contribution in [0.25, 0.3) is 11.0 Å². The SMILES string of the molecule is CO[C@H]1CC[C@H](CC(=O)N[C@H]2CC[C@H](CCN3CCN(c4nccc5occc45)CC3)CC2)CC1. The van der Waals surface area contributed by atoms with E-state index in [-0.39, 0.29) is 5.91 Å². The van der Waals surface area contributed by atoms with E-state index in [1.54, 1.807) is 13.4 Å². The van der Waals surface area contributed by atoms with Crippen molar-refractivity contribution in [1.82, 2.24) is 15.2 Å². The van der Waals surface area contributed by atoms with Crippen molar-refractivity contribution in [2.75, 3.05) is 44.7 Å². The first-order valence-electron chi connectivity index (χ1n) is 13.8. The van der Waals surface area contributed by atoms with Gasteiger partial charge < -0.3 is 19.4 Å². The van der Waals surface area contributed by atoms with Crippen molar-refractivity contribution in [3.05, 3.63) is 24.6 Å². The molecule has 0 spiro atoms. The predicted molar refractivity (Wildman–Crippen MR) is 139 cm³/mol. The minimum atomic E-state index is 0.271. The second kappa shape index (κ2) is 11.7. The number of piperazine rings is 1. The van der Waals surface area contributed by atoms with Crippen LogP contribution < -0.4 is 10.2 Å². The molecule has 7 heteroatoms. The lowest BCUT2D eigenvalue weighted by Gasteiger charge is -2.37. The summed E-state index contributed by atoms with van der Waals surface area (Å²) in [6, 6.07) is 4.34. The Morgan fingerprint density at radius 2 is 1.77 bits per heavy atom. The Bertz CT molecular complexity index is 939. The zero-order valence-corrected chi connectivity index (χ0v) is 21.3. The minimum absolute atomic E-state index is 0.271. The first-order chi connectivity index (χ1) is 17.2. The molecule has 2 saturated carbocycles. The molecule has 0 radical (unpaired) electrons. The Labute approximate surface area is 209 Å². The number of ether oxygens (including phenoxy) is 1. The van der Waals surface area contributed by atoms with Crippen LogP contribution in [0.1, 0.15) is 64.2 Å². The molecule has 3 fully saturated rings. The lowest BCUT2D eigenvalue weighted by atomic mass is 9.83. The highest BCUT2D eigenvalue weighted by Gasteiger charge is 2.27. The normalized spacial score (nSPS) is 28.3. The summed E-state index contributed by atoms with van der Waals surface area (Å²) in [5.74, 6) is 2.67. The number of fused-ring (bicyclic) bond motifs is 1. The fourth-order valence-electron chi connectivity index (χ4n) is 6.40. The molecule has 0 aromatic carbocycles. The molecule has 35 heavy (non-hydrogen) atoms. The van der Waals surface area contributed by atoms with E-state index < -0.39 is 0 Å². The van der Waals surface area contributed by atoms with Gasteiger partial charge in [-0.25, -0.2) is 4.98 Å². The number of furan rings is 1. The summed E-state index contributed by atoms with van der Waals surface area (Å²) in [6.07, 6.45) is 15.2. The number of aromatic nitrogens is 1. The van der Waals surface area contributed by atoms with E-state index >= 15 is 0 Å². The van der Waals surface area contributed by atoms with Crippen molar-refractivity contribution in [3.8, 4) is 0 Å². The Kier molecular flexibility index (Phi) is 8.24. The quantitative estimate of drug-likeness (QED) is 0.593. The highest BCUT2D eigenvalue weighted by atomic mass is 16.5. The molecule has 0 atom stereocenters. The largest absolute Gasteiger partial charge is 0.464 e. The van der Waals surface area contributed by atoms with Crippen molar-refractivity contribution >= 4 is 22.7 Å². The third kappa shape index (κ3) is 6.36. The highest BCUT2D eigenvalue weighted by Crippen LogP contribution is 2.30. The maximum atomic E-state index is 12.6. The van der Waals surface area contributed by atoms with Crippen LogP contribution in [0.3, 0.4) is 0 Å². The standard InChI is InChI=1S/C28H42N4O3/c1-34-24-8-4-22(5-9-24)20-27(33)30-23-6-2-21(3-7-23)11-14-31-15-17-32(18-16-31)28-25-12-19-35-26(25)10-13-29-28/h10,12-13,19,21-24H,2-9,11,14-18,20H2,1H3,(H,30,33)/t21-,22-,23-,24-. The Balaban J connectivity index is 0.970. The van der Waals surface area contributed by atoms with Crippen LogP contribution in [-0.4, -0.2) is 67.8 Å². The van der Waals surface area contributed by atoms with Crippen LogP contribution in [0.15, 0.2) is 29.0 Å². The number of carbonyl (C=O) groups excluding carboxylic acids is 1. The molecule has 1 N–H and O–H groups in total. The summed E-state index contributed by atoms with van der Waals surface area (Å²) in [5.41, 5.74) is 0.915. The topological polar surface area (TPSA) is 70.8 Å². The van der Waals surface area contributed by atoms with Gasteiger partial charge in [0.1, 0.15) is 11.4 Å². The lowest BCUT2D eigenvalue weighted by Crippen LogP contribution is -2.47. The molecular formula is C28H42N4O3. The van der Waals surface area contributed by atoms with Gasteiger partial charge in [0.15, 0.2) is 0 Å². The van der Waals surface area contributed by atoms with Gasteiger partial charge in [0.05, 0.1) is 17.8 Å². The molecule has 3 aliphatic rings. The van der Waals surface area contributed by atoms with Gasteiger partial charge in [-0.2, -0.15) is 0 Å². The molecule has 0 unspecified atom stereocenters. The van der Waals surface area contributed by atoms with Crippen LogP contribution in [0.4, 0.5) is 5.82 Å². The Morgan fingerprint density at radius 3 is 2.51 bits per heavy atom. The highest BCUT2D eigenvalue weighted by molar-refractivity contribution is 5.88. The summed E-state index contributed by atoms with van der Waals surface area (Å²) < 4.78 is 11.0. The summed E-state index contributed by atoms with van der Waals surface area (Å²) in [4.78, 5) is 22.2. The zero-order chi connectivity index (χ0) is 24.0. The molecule has 5 rings (SSSR count). The average Bonchev–Trinajstić information content (AvgIpc) is 3.38. The number of anilines is 1. The summed E-state index contributed by atoms with van der Waals surface area (Å²) in [6.45, 7) is 5.40. The van der Waals surface area contributed by atoms with Crippen LogP contribution in [0.5, 0.6) is 0 Å². The van der Waals surface area contributed by atoms with E-state index in [9.17, 15) is 4.79 Å². The minimum Gasteiger partial charge on any atom is -0.464 e. The molecule has 1 amide bonds. The molecule has 1 aliphatic heterocycles. The molecule has 7 nitrogen and oxygen atoms in total. The molecule has 3 heterocycles. The number of nitrogens with zero attached hydrogens (tertiary/aromatic N) is 3. The Morgan fingerprint density at radius 1 is 1.03 bits per heavy atom. The van der Waals surface area contributed by atoms with Gasteiger partial charge in [-0.05, 0) is 88.3 Å². The van der Waals surface area contributed by atoms with Gasteiger partial charge in [0.2, 0.25) is 5.91 Å². The molecule has 2 aromatic rings. The van der Waals surface area contributed by atoms with Gasteiger partial charge in [0.25, 0.3) is 0 Å². The van der Waals surface area contributed by atoms with Gasteiger partial charge in [-0.1, -0.05) is 0 Å². The van der Waals surface area contributed by atoms with E-state index in [2.05, 4.69) is 20.1 Å². The number of carbonyl (C=O) groups is 1. The van der Waals surface area contributed by atoms with Crippen molar-refractivity contribution in [3.63, 3.8) is 0 Å².